The summed E-state index contributed by atoms with van der Waals surface area (Å²) in [6, 6.07) is 16.9. The Hall–Kier alpha value is -3.93. The van der Waals surface area contributed by atoms with Crippen molar-refractivity contribution in [3.8, 4) is 28.4 Å². The van der Waals surface area contributed by atoms with Crippen molar-refractivity contribution >= 4 is 11.7 Å². The Morgan fingerprint density at radius 3 is 2.48 bits per heavy atom. The molecule has 6 nitrogen and oxygen atoms in total. The van der Waals surface area contributed by atoms with Gasteiger partial charge in [0.2, 0.25) is 5.75 Å². The molecule has 1 aliphatic carbocycles. The summed E-state index contributed by atoms with van der Waals surface area (Å²) >= 11 is 0. The number of carbonyl (C=O) groups excluding carboxylic acids is 1. The molecule has 0 aromatic heterocycles. The zero-order valence-electron chi connectivity index (χ0n) is 18.7. The molecule has 3 aromatic carbocycles. The number of rotatable bonds is 4. The van der Waals surface area contributed by atoms with Gasteiger partial charge in [-0.1, -0.05) is 24.3 Å². The number of anilines is 1. The monoisotopic (exact) mass is 441 g/mol. The summed E-state index contributed by atoms with van der Waals surface area (Å²) < 4.78 is 22.2. The van der Waals surface area contributed by atoms with Gasteiger partial charge in [-0.15, -0.1) is 0 Å². The highest BCUT2D eigenvalue weighted by Gasteiger charge is 2.40. The molecular weight excluding hydrogens is 418 g/mol. The maximum absolute atomic E-state index is 12.9. The van der Waals surface area contributed by atoms with Crippen LogP contribution in [0.5, 0.6) is 17.2 Å². The first-order valence-corrected chi connectivity index (χ1v) is 10.8. The standard InChI is InChI=1S/C27H23NO5/c1-30-22-10-17(11-23(31-2)26(22)32-3)24-19-12-18-15-6-4-5-14(7-15)8-16(18)9-20(19)28-21-13-33-27(29)25(21)24/h4-7,9-12,24,28H,8,13H2,1-3H3. The molecule has 0 radical (unpaired) electrons. The summed E-state index contributed by atoms with van der Waals surface area (Å²) in [5.74, 6) is 0.984. The summed E-state index contributed by atoms with van der Waals surface area (Å²) in [5.41, 5.74) is 9.28. The average Bonchev–Trinajstić information content (AvgIpc) is 3.20. The number of methoxy groups -OCH3 is 3. The van der Waals surface area contributed by atoms with E-state index in [9.17, 15) is 4.79 Å². The van der Waals surface area contributed by atoms with Gasteiger partial charge in [-0.25, -0.2) is 4.79 Å². The van der Waals surface area contributed by atoms with E-state index < -0.39 is 0 Å². The van der Waals surface area contributed by atoms with E-state index in [4.69, 9.17) is 18.9 Å². The van der Waals surface area contributed by atoms with Crippen LogP contribution in [-0.4, -0.2) is 33.9 Å². The second kappa shape index (κ2) is 7.30. The Bertz CT molecular complexity index is 1330. The minimum atomic E-state index is -0.324. The molecule has 3 aromatic rings. The molecule has 3 aliphatic rings. The Labute approximate surface area is 191 Å². The average molecular weight is 441 g/mol. The van der Waals surface area contributed by atoms with Crippen LogP contribution in [0.15, 0.2) is 59.8 Å². The minimum absolute atomic E-state index is 0.241. The third kappa shape index (κ3) is 2.90. The SMILES string of the molecule is COc1cc(C2C3=C(COC3=O)Nc3cc4c(cc32)-c2cccc(c2)C4)cc(OC)c1OC. The molecule has 6 rings (SSSR count). The highest BCUT2D eigenvalue weighted by Crippen LogP contribution is 2.50. The summed E-state index contributed by atoms with van der Waals surface area (Å²) in [6.45, 7) is 0.241. The first kappa shape index (κ1) is 19.7. The van der Waals surface area contributed by atoms with E-state index in [1.54, 1.807) is 21.3 Å². The van der Waals surface area contributed by atoms with Crippen molar-refractivity contribution < 1.29 is 23.7 Å². The van der Waals surface area contributed by atoms with Gasteiger partial charge in [0.25, 0.3) is 0 Å². The molecule has 0 spiro atoms. The van der Waals surface area contributed by atoms with Crippen molar-refractivity contribution in [1.82, 2.24) is 0 Å². The van der Waals surface area contributed by atoms with Crippen molar-refractivity contribution in [2.75, 3.05) is 33.3 Å². The number of hydrogen-bond donors (Lipinski definition) is 1. The number of benzene rings is 3. The molecule has 2 heterocycles. The van der Waals surface area contributed by atoms with E-state index in [1.807, 2.05) is 12.1 Å². The van der Waals surface area contributed by atoms with Crippen molar-refractivity contribution in [1.29, 1.82) is 0 Å². The van der Waals surface area contributed by atoms with Gasteiger partial charge in [0.05, 0.1) is 32.6 Å². The fourth-order valence-electron chi connectivity index (χ4n) is 5.24. The van der Waals surface area contributed by atoms with Crippen molar-refractivity contribution in [2.24, 2.45) is 0 Å². The van der Waals surface area contributed by atoms with Crippen LogP contribution in [0.3, 0.4) is 0 Å². The molecule has 1 atom stereocenters. The number of ether oxygens (including phenoxy) is 4. The maximum atomic E-state index is 12.9. The van der Waals surface area contributed by atoms with E-state index >= 15 is 0 Å². The van der Waals surface area contributed by atoms with Gasteiger partial charge in [0.1, 0.15) is 6.61 Å². The van der Waals surface area contributed by atoms with Gasteiger partial charge >= 0.3 is 5.97 Å². The second-order valence-corrected chi connectivity index (χ2v) is 8.46. The van der Waals surface area contributed by atoms with Crippen LogP contribution in [0.25, 0.3) is 11.1 Å². The molecule has 1 N–H and O–H groups in total. The Kier molecular flexibility index (Phi) is 4.37. The van der Waals surface area contributed by atoms with Crippen LogP contribution in [0.2, 0.25) is 0 Å². The summed E-state index contributed by atoms with van der Waals surface area (Å²) in [5, 5.41) is 3.47. The van der Waals surface area contributed by atoms with Crippen molar-refractivity contribution in [3.05, 3.63) is 82.1 Å². The highest BCUT2D eigenvalue weighted by atomic mass is 16.5. The lowest BCUT2D eigenvalue weighted by Gasteiger charge is -2.30. The molecule has 0 saturated heterocycles. The van der Waals surface area contributed by atoms with E-state index in [0.717, 1.165) is 28.9 Å². The third-order valence-electron chi connectivity index (χ3n) is 6.71. The molecule has 1 unspecified atom stereocenters. The van der Waals surface area contributed by atoms with Crippen LogP contribution in [0, 0.1) is 0 Å². The summed E-state index contributed by atoms with van der Waals surface area (Å²) in [7, 11) is 4.76. The molecular formula is C27H23NO5. The highest BCUT2D eigenvalue weighted by molar-refractivity contribution is 5.98. The molecule has 2 bridgehead atoms. The maximum Gasteiger partial charge on any atom is 0.337 e. The molecule has 0 saturated carbocycles. The van der Waals surface area contributed by atoms with Gasteiger partial charge in [-0.05, 0) is 64.1 Å². The zero-order valence-corrected chi connectivity index (χ0v) is 18.7. The number of esters is 1. The van der Waals surface area contributed by atoms with Crippen molar-refractivity contribution in [2.45, 2.75) is 12.3 Å². The van der Waals surface area contributed by atoms with E-state index in [2.05, 4.69) is 41.7 Å². The number of fused-ring (bicyclic) bond motifs is 5. The van der Waals surface area contributed by atoms with Gasteiger partial charge in [0.15, 0.2) is 11.5 Å². The normalized spacial score (nSPS) is 17.4. The molecule has 0 fully saturated rings. The fraction of sp³-hybridized carbons (Fsp3) is 0.222. The topological polar surface area (TPSA) is 66.0 Å². The van der Waals surface area contributed by atoms with E-state index in [0.29, 0.717) is 22.8 Å². The molecule has 0 amide bonds. The molecule has 6 heteroatoms. The quantitative estimate of drug-likeness (QED) is 0.465. The lowest BCUT2D eigenvalue weighted by Crippen LogP contribution is -2.21. The summed E-state index contributed by atoms with van der Waals surface area (Å²) in [4.78, 5) is 12.9. The second-order valence-electron chi connectivity index (χ2n) is 8.46. The summed E-state index contributed by atoms with van der Waals surface area (Å²) in [6.07, 6.45) is 0.883. The third-order valence-corrected chi connectivity index (χ3v) is 6.71. The lowest BCUT2D eigenvalue weighted by atomic mass is 9.77. The fourth-order valence-corrected chi connectivity index (χ4v) is 5.24. The smallest absolute Gasteiger partial charge is 0.337 e. The first-order valence-electron chi connectivity index (χ1n) is 10.8. The van der Waals surface area contributed by atoms with Crippen LogP contribution < -0.4 is 19.5 Å². The number of nitrogens with one attached hydrogen (secondary N) is 1. The van der Waals surface area contributed by atoms with Crippen molar-refractivity contribution in [3.63, 3.8) is 0 Å². The molecule has 2 aliphatic heterocycles. The number of carbonyl (C=O) groups is 1. The van der Waals surface area contributed by atoms with E-state index in [1.165, 1.54) is 22.3 Å². The molecule has 166 valence electrons. The molecule has 33 heavy (non-hydrogen) atoms. The number of cyclic esters (lactones) is 1. The minimum Gasteiger partial charge on any atom is -0.493 e. The van der Waals surface area contributed by atoms with Crippen LogP contribution in [0.1, 0.15) is 28.2 Å². The van der Waals surface area contributed by atoms with E-state index in [-0.39, 0.29) is 18.5 Å². The van der Waals surface area contributed by atoms with Crippen LogP contribution >= 0.6 is 0 Å². The van der Waals surface area contributed by atoms with Crippen LogP contribution in [-0.2, 0) is 16.0 Å². The Morgan fingerprint density at radius 1 is 0.970 bits per heavy atom. The lowest BCUT2D eigenvalue weighted by molar-refractivity contribution is -0.136. The van der Waals surface area contributed by atoms with Gasteiger partial charge in [0, 0.05) is 11.6 Å². The zero-order chi connectivity index (χ0) is 22.7. The van der Waals surface area contributed by atoms with Crippen LogP contribution in [0.4, 0.5) is 5.69 Å². The predicted molar refractivity (Wildman–Crippen MR) is 124 cm³/mol. The van der Waals surface area contributed by atoms with Gasteiger partial charge in [-0.3, -0.25) is 0 Å². The Balaban J connectivity index is 1.59. The largest absolute Gasteiger partial charge is 0.493 e. The predicted octanol–water partition coefficient (Wildman–Crippen LogP) is 4.65. The Morgan fingerprint density at radius 2 is 1.76 bits per heavy atom. The van der Waals surface area contributed by atoms with Gasteiger partial charge < -0.3 is 24.3 Å². The number of hydrogen-bond acceptors (Lipinski definition) is 6. The first-order chi connectivity index (χ1) is 16.1. The van der Waals surface area contributed by atoms with Gasteiger partial charge in [-0.2, -0.15) is 0 Å².